The molecule has 0 bridgehead atoms. The zero-order chi connectivity index (χ0) is 23.3. The number of allylic oxidation sites excluding steroid dienone is 5. The van der Waals surface area contributed by atoms with E-state index in [1.807, 2.05) is 25.2 Å². The lowest BCUT2D eigenvalue weighted by Gasteiger charge is -2.33. The average Bonchev–Trinajstić information content (AvgIpc) is 3.27. The van der Waals surface area contributed by atoms with Crippen molar-refractivity contribution < 1.29 is 13.2 Å². The molecule has 2 aliphatic rings. The van der Waals surface area contributed by atoms with Crippen molar-refractivity contribution >= 4 is 16.0 Å². The molecule has 0 amide bonds. The quantitative estimate of drug-likeness (QED) is 0.560. The summed E-state index contributed by atoms with van der Waals surface area (Å²) in [5.74, 6) is 1.11. The molecule has 0 radical (unpaired) electrons. The molecular weight excluding hydrogens is 428 g/mol. The second kappa shape index (κ2) is 10.7. The number of ether oxygens (including phenoxy) is 1. The van der Waals surface area contributed by atoms with Crippen molar-refractivity contribution in [1.82, 2.24) is 24.9 Å². The summed E-state index contributed by atoms with van der Waals surface area (Å²) in [6.45, 7) is 8.71. The van der Waals surface area contributed by atoms with Crippen molar-refractivity contribution in [2.75, 3.05) is 17.8 Å². The van der Waals surface area contributed by atoms with Gasteiger partial charge >= 0.3 is 0 Å². The van der Waals surface area contributed by atoms with Crippen LogP contribution in [0.15, 0.2) is 36.5 Å². The van der Waals surface area contributed by atoms with E-state index in [-0.39, 0.29) is 24.2 Å². The van der Waals surface area contributed by atoms with Gasteiger partial charge < -0.3 is 9.64 Å². The molecule has 10 heteroatoms. The highest BCUT2D eigenvalue weighted by molar-refractivity contribution is 7.88. The van der Waals surface area contributed by atoms with Gasteiger partial charge in [-0.25, -0.2) is 17.8 Å². The minimum atomic E-state index is -3.35. The Kier molecular flexibility index (Phi) is 8.24. The SMILES string of the molecule is C=C(/C=C\C=C/C)[C@H]1CC[C@@H](OC[C@H]2[C@@H](NS(C)(=O)=O)C[C@@H](C)N2c2nnnn2C)CC1. The Labute approximate surface area is 191 Å². The third-order valence-electron chi connectivity index (χ3n) is 6.40. The molecule has 1 N–H and O–H groups in total. The Hall–Kier alpha value is -2.04. The largest absolute Gasteiger partial charge is 0.376 e. The predicted octanol–water partition coefficient (Wildman–Crippen LogP) is 2.36. The van der Waals surface area contributed by atoms with Crippen molar-refractivity contribution in [2.45, 2.75) is 70.2 Å². The third kappa shape index (κ3) is 6.26. The summed E-state index contributed by atoms with van der Waals surface area (Å²) in [7, 11) is -1.56. The van der Waals surface area contributed by atoms with Gasteiger partial charge in [-0.3, -0.25) is 0 Å². The molecule has 3 rings (SSSR count). The van der Waals surface area contributed by atoms with Crippen LogP contribution in [0.2, 0.25) is 0 Å². The highest BCUT2D eigenvalue weighted by Crippen LogP contribution is 2.33. The first kappa shape index (κ1) is 24.6. The number of nitrogens with one attached hydrogen (secondary N) is 1. The standard InChI is InChI=1S/C22H36N6O3S/c1-6-7-8-9-16(2)18-10-12-19(13-11-18)31-15-21-20(24-32(5,29)30)14-17(3)28(21)22-23-25-26-27(22)4/h6-9,17-21,24H,2,10-15H2,1,3-5H3/b7-6-,9-8-/t17-,18-,19+,20+,21+/m1/s1. The van der Waals surface area contributed by atoms with E-state index < -0.39 is 10.0 Å². The van der Waals surface area contributed by atoms with E-state index in [1.165, 1.54) is 11.8 Å². The number of sulfonamides is 1. The number of aromatic nitrogens is 4. The number of nitrogens with zero attached hydrogens (tertiary/aromatic N) is 5. The van der Waals surface area contributed by atoms with Crippen LogP contribution in [0.5, 0.6) is 0 Å². The molecule has 0 unspecified atom stereocenters. The van der Waals surface area contributed by atoms with Crippen LogP contribution in [0.4, 0.5) is 5.95 Å². The molecule has 1 aliphatic heterocycles. The maximum Gasteiger partial charge on any atom is 0.245 e. The molecule has 1 aliphatic carbocycles. The Bertz CT molecular complexity index is 933. The Balaban J connectivity index is 1.63. The first-order chi connectivity index (χ1) is 15.2. The van der Waals surface area contributed by atoms with Crippen LogP contribution in [-0.4, -0.2) is 65.7 Å². The molecule has 0 aromatic carbocycles. The van der Waals surface area contributed by atoms with Crippen LogP contribution in [0.3, 0.4) is 0 Å². The van der Waals surface area contributed by atoms with Crippen molar-refractivity contribution in [1.29, 1.82) is 0 Å². The summed E-state index contributed by atoms with van der Waals surface area (Å²) in [5.41, 5.74) is 1.17. The lowest BCUT2D eigenvalue weighted by atomic mass is 9.83. The van der Waals surface area contributed by atoms with Gasteiger partial charge in [-0.2, -0.15) is 0 Å². The molecular formula is C22H36N6O3S. The summed E-state index contributed by atoms with van der Waals surface area (Å²) >= 11 is 0. The molecule has 1 saturated carbocycles. The van der Waals surface area contributed by atoms with Gasteiger partial charge in [0.1, 0.15) is 0 Å². The summed E-state index contributed by atoms with van der Waals surface area (Å²) in [5, 5.41) is 11.9. The second-order valence-corrected chi connectivity index (χ2v) is 10.7. The highest BCUT2D eigenvalue weighted by Gasteiger charge is 2.43. The number of anilines is 1. The fraction of sp³-hybridized carbons (Fsp3) is 0.682. The Morgan fingerprint density at radius 2 is 2.00 bits per heavy atom. The van der Waals surface area contributed by atoms with Crippen molar-refractivity contribution in [3.05, 3.63) is 36.5 Å². The molecule has 3 atom stereocenters. The molecule has 9 nitrogen and oxygen atoms in total. The van der Waals surface area contributed by atoms with E-state index in [4.69, 9.17) is 4.74 Å². The fourth-order valence-corrected chi connectivity index (χ4v) is 5.61. The number of aryl methyl sites for hydroxylation is 1. The lowest BCUT2D eigenvalue weighted by molar-refractivity contribution is 0.0125. The van der Waals surface area contributed by atoms with Crippen LogP contribution < -0.4 is 9.62 Å². The Morgan fingerprint density at radius 1 is 1.28 bits per heavy atom. The molecule has 32 heavy (non-hydrogen) atoms. The van der Waals surface area contributed by atoms with Crippen LogP contribution in [-0.2, 0) is 21.8 Å². The van der Waals surface area contributed by atoms with E-state index >= 15 is 0 Å². The first-order valence-electron chi connectivity index (χ1n) is 11.3. The van der Waals surface area contributed by atoms with Gasteiger partial charge in [0.05, 0.1) is 25.0 Å². The van der Waals surface area contributed by atoms with Crippen LogP contribution in [0.1, 0.15) is 46.0 Å². The fourth-order valence-electron chi connectivity index (χ4n) is 4.81. The molecule has 178 valence electrons. The van der Waals surface area contributed by atoms with E-state index in [0.29, 0.717) is 24.9 Å². The number of hydrogen-bond donors (Lipinski definition) is 1. The van der Waals surface area contributed by atoms with E-state index in [9.17, 15) is 8.42 Å². The van der Waals surface area contributed by atoms with E-state index in [1.54, 1.807) is 11.7 Å². The summed E-state index contributed by atoms with van der Waals surface area (Å²) in [6.07, 6.45) is 14.2. The minimum Gasteiger partial charge on any atom is -0.376 e. The number of rotatable bonds is 9. The molecule has 1 aromatic heterocycles. The zero-order valence-electron chi connectivity index (χ0n) is 19.5. The maximum atomic E-state index is 12.0. The second-order valence-electron chi connectivity index (χ2n) is 8.93. The third-order valence-corrected chi connectivity index (χ3v) is 7.13. The average molecular weight is 465 g/mol. The maximum absolute atomic E-state index is 12.0. The number of hydrogen-bond acceptors (Lipinski definition) is 7. The van der Waals surface area contributed by atoms with Gasteiger partial charge in [0.25, 0.3) is 0 Å². The van der Waals surface area contributed by atoms with E-state index in [0.717, 1.165) is 25.7 Å². The molecule has 1 saturated heterocycles. The lowest BCUT2D eigenvalue weighted by Crippen LogP contribution is -2.49. The topological polar surface area (TPSA) is 102 Å². The normalized spacial score (nSPS) is 29.4. The van der Waals surface area contributed by atoms with Crippen LogP contribution in [0.25, 0.3) is 0 Å². The first-order valence-corrected chi connectivity index (χ1v) is 13.2. The van der Waals surface area contributed by atoms with Gasteiger partial charge in [-0.1, -0.05) is 41.6 Å². The van der Waals surface area contributed by atoms with Crippen molar-refractivity contribution in [3.8, 4) is 0 Å². The highest BCUT2D eigenvalue weighted by atomic mass is 32.2. The van der Waals surface area contributed by atoms with Gasteiger partial charge in [0.2, 0.25) is 16.0 Å². The Morgan fingerprint density at radius 3 is 2.59 bits per heavy atom. The number of tetrazole rings is 1. The predicted molar refractivity (Wildman–Crippen MR) is 126 cm³/mol. The molecule has 1 aromatic rings. The summed E-state index contributed by atoms with van der Waals surface area (Å²) < 4.78 is 34.7. The van der Waals surface area contributed by atoms with Gasteiger partial charge in [-0.05, 0) is 62.3 Å². The van der Waals surface area contributed by atoms with Crippen molar-refractivity contribution in [3.63, 3.8) is 0 Å². The minimum absolute atomic E-state index is 0.0792. The monoisotopic (exact) mass is 464 g/mol. The van der Waals surface area contributed by atoms with E-state index in [2.05, 4.69) is 44.7 Å². The summed E-state index contributed by atoms with van der Waals surface area (Å²) in [4.78, 5) is 2.09. The summed E-state index contributed by atoms with van der Waals surface area (Å²) in [6, 6.07) is -0.360. The van der Waals surface area contributed by atoms with Crippen LogP contribution >= 0.6 is 0 Å². The zero-order valence-corrected chi connectivity index (χ0v) is 20.3. The molecule has 0 spiro atoms. The van der Waals surface area contributed by atoms with Crippen molar-refractivity contribution in [2.24, 2.45) is 13.0 Å². The molecule has 2 fully saturated rings. The van der Waals surface area contributed by atoms with Crippen LogP contribution in [0, 0.1) is 5.92 Å². The van der Waals surface area contributed by atoms with Gasteiger partial charge in [0, 0.05) is 19.1 Å². The smallest absolute Gasteiger partial charge is 0.245 e. The van der Waals surface area contributed by atoms with Gasteiger partial charge in [-0.15, -0.1) is 0 Å². The molecule has 2 heterocycles. The van der Waals surface area contributed by atoms with Gasteiger partial charge in [0.15, 0.2) is 0 Å².